The third-order valence-corrected chi connectivity index (χ3v) is 4.20. The van der Waals surface area contributed by atoms with Crippen molar-refractivity contribution in [3.05, 3.63) is 48.0 Å². The summed E-state index contributed by atoms with van der Waals surface area (Å²) < 4.78 is 17.0. The zero-order chi connectivity index (χ0) is 17.6. The van der Waals surface area contributed by atoms with Gasteiger partial charge in [0, 0.05) is 6.42 Å². The minimum Gasteiger partial charge on any atom is -0.455 e. The van der Waals surface area contributed by atoms with Gasteiger partial charge in [0.15, 0.2) is 6.29 Å². The highest BCUT2D eigenvalue weighted by Crippen LogP contribution is 2.34. The zero-order valence-corrected chi connectivity index (χ0v) is 14.4. The molecule has 1 aromatic rings. The molecule has 24 heavy (non-hydrogen) atoms. The first kappa shape index (κ1) is 18.6. The summed E-state index contributed by atoms with van der Waals surface area (Å²) in [6.45, 7) is 7.65. The molecular weight excluding hydrogens is 308 g/mol. The molecule has 0 aliphatic carbocycles. The lowest BCUT2D eigenvalue weighted by Gasteiger charge is -2.27. The Bertz CT molecular complexity index is 553. The standard InChI is InChI=1S/C19H26O5/c1-4-5-6-11-22-17-12-16(19(3,13-20)24-17)23-18(21)15-9-7-14(2)8-10-15/h4,7-10,16-17,20H,1,5-6,11-13H2,2-3H3/t16-,17?,19+/m0/s1. The van der Waals surface area contributed by atoms with Gasteiger partial charge >= 0.3 is 5.97 Å². The Balaban J connectivity index is 1.95. The molecule has 0 amide bonds. The van der Waals surface area contributed by atoms with E-state index in [2.05, 4.69) is 6.58 Å². The highest BCUT2D eigenvalue weighted by molar-refractivity contribution is 5.89. The molecule has 132 valence electrons. The molecule has 0 aromatic heterocycles. The summed E-state index contributed by atoms with van der Waals surface area (Å²) in [6, 6.07) is 7.18. The molecule has 5 heteroatoms. The van der Waals surface area contributed by atoms with Crippen LogP contribution in [0.15, 0.2) is 36.9 Å². The molecule has 1 N–H and O–H groups in total. The van der Waals surface area contributed by atoms with Crippen LogP contribution >= 0.6 is 0 Å². The number of aliphatic hydroxyl groups is 1. The maximum absolute atomic E-state index is 12.3. The van der Waals surface area contributed by atoms with E-state index >= 15 is 0 Å². The molecule has 1 aromatic carbocycles. The van der Waals surface area contributed by atoms with Gasteiger partial charge in [-0.25, -0.2) is 4.79 Å². The van der Waals surface area contributed by atoms with E-state index in [-0.39, 0.29) is 6.61 Å². The number of esters is 1. The average Bonchev–Trinajstić information content (AvgIpc) is 2.89. The van der Waals surface area contributed by atoms with E-state index in [1.807, 2.05) is 25.1 Å². The Morgan fingerprint density at radius 1 is 1.46 bits per heavy atom. The van der Waals surface area contributed by atoms with E-state index in [1.54, 1.807) is 19.1 Å². The molecular formula is C19H26O5. The quantitative estimate of drug-likeness (QED) is 0.450. The van der Waals surface area contributed by atoms with Crippen LogP contribution in [0.1, 0.15) is 42.1 Å². The normalized spacial score (nSPS) is 26.3. The Morgan fingerprint density at radius 3 is 2.79 bits per heavy atom. The SMILES string of the molecule is C=CCCCOC1C[C@H](OC(=O)c2ccc(C)cc2)[C@@](C)(CO)O1. The number of aryl methyl sites for hydroxylation is 1. The number of carbonyl (C=O) groups is 1. The molecule has 1 aliphatic heterocycles. The molecule has 0 saturated carbocycles. The Kier molecular flexibility index (Phi) is 6.54. The Hall–Kier alpha value is -1.69. The number of ether oxygens (including phenoxy) is 3. The number of hydrogen-bond donors (Lipinski definition) is 1. The summed E-state index contributed by atoms with van der Waals surface area (Å²) >= 11 is 0. The van der Waals surface area contributed by atoms with Gasteiger partial charge in [-0.15, -0.1) is 6.58 Å². The minimum atomic E-state index is -0.955. The number of allylic oxidation sites excluding steroid dienone is 1. The summed E-state index contributed by atoms with van der Waals surface area (Å²) in [5.74, 6) is -0.421. The van der Waals surface area contributed by atoms with Gasteiger partial charge in [-0.3, -0.25) is 0 Å². The predicted octanol–water partition coefficient (Wildman–Crippen LogP) is 3.00. The summed E-state index contributed by atoms with van der Waals surface area (Å²) in [6.07, 6.45) is 2.93. The molecule has 0 radical (unpaired) electrons. The first-order valence-corrected chi connectivity index (χ1v) is 8.27. The van der Waals surface area contributed by atoms with Gasteiger partial charge in [-0.1, -0.05) is 23.8 Å². The molecule has 0 spiro atoms. The number of hydrogen-bond acceptors (Lipinski definition) is 5. The monoisotopic (exact) mass is 334 g/mol. The molecule has 1 fully saturated rings. The molecule has 2 rings (SSSR count). The highest BCUT2D eigenvalue weighted by Gasteiger charge is 2.48. The van der Waals surface area contributed by atoms with E-state index in [0.717, 1.165) is 18.4 Å². The van der Waals surface area contributed by atoms with Gasteiger partial charge in [-0.2, -0.15) is 0 Å². The number of benzene rings is 1. The van der Waals surface area contributed by atoms with Crippen molar-refractivity contribution in [2.45, 2.75) is 51.1 Å². The molecule has 1 aliphatic rings. The van der Waals surface area contributed by atoms with Crippen LogP contribution in [-0.4, -0.2) is 42.3 Å². The van der Waals surface area contributed by atoms with Crippen LogP contribution in [0.2, 0.25) is 0 Å². The fourth-order valence-electron chi connectivity index (χ4n) is 2.59. The van der Waals surface area contributed by atoms with Crippen molar-refractivity contribution in [2.75, 3.05) is 13.2 Å². The Morgan fingerprint density at radius 2 is 2.17 bits per heavy atom. The van der Waals surface area contributed by atoms with Crippen molar-refractivity contribution in [3.8, 4) is 0 Å². The summed E-state index contributed by atoms with van der Waals surface area (Å²) in [4.78, 5) is 12.3. The Labute approximate surface area is 143 Å². The fourth-order valence-corrected chi connectivity index (χ4v) is 2.59. The van der Waals surface area contributed by atoms with Crippen LogP contribution < -0.4 is 0 Å². The van der Waals surface area contributed by atoms with Gasteiger partial charge in [0.05, 0.1) is 18.8 Å². The smallest absolute Gasteiger partial charge is 0.338 e. The van der Waals surface area contributed by atoms with E-state index in [9.17, 15) is 9.90 Å². The van der Waals surface area contributed by atoms with Crippen molar-refractivity contribution >= 4 is 5.97 Å². The van der Waals surface area contributed by atoms with E-state index in [1.165, 1.54) is 0 Å². The van der Waals surface area contributed by atoms with E-state index < -0.39 is 24.0 Å². The predicted molar refractivity (Wildman–Crippen MR) is 90.7 cm³/mol. The third-order valence-electron chi connectivity index (χ3n) is 4.20. The van der Waals surface area contributed by atoms with Crippen LogP contribution in [0.5, 0.6) is 0 Å². The number of rotatable bonds is 8. The number of unbranched alkanes of at least 4 members (excludes halogenated alkanes) is 1. The molecule has 1 saturated heterocycles. The van der Waals surface area contributed by atoms with Crippen molar-refractivity contribution in [3.63, 3.8) is 0 Å². The number of carbonyl (C=O) groups excluding carboxylic acids is 1. The summed E-state index contributed by atoms with van der Waals surface area (Å²) in [5.41, 5.74) is 0.601. The summed E-state index contributed by atoms with van der Waals surface area (Å²) in [5, 5.41) is 9.66. The zero-order valence-electron chi connectivity index (χ0n) is 14.4. The van der Waals surface area contributed by atoms with E-state index in [0.29, 0.717) is 18.6 Å². The van der Waals surface area contributed by atoms with Crippen molar-refractivity contribution in [1.29, 1.82) is 0 Å². The van der Waals surface area contributed by atoms with Crippen molar-refractivity contribution in [1.82, 2.24) is 0 Å². The van der Waals surface area contributed by atoms with Gasteiger partial charge in [0.25, 0.3) is 0 Å². The lowest BCUT2D eigenvalue weighted by molar-refractivity contribution is -0.182. The average molecular weight is 334 g/mol. The van der Waals surface area contributed by atoms with Crippen LogP contribution in [0.4, 0.5) is 0 Å². The largest absolute Gasteiger partial charge is 0.455 e. The van der Waals surface area contributed by atoms with Gasteiger partial charge < -0.3 is 19.3 Å². The second kappa shape index (κ2) is 8.42. The molecule has 0 bridgehead atoms. The van der Waals surface area contributed by atoms with Crippen molar-refractivity contribution < 1.29 is 24.1 Å². The topological polar surface area (TPSA) is 65.0 Å². The molecule has 5 nitrogen and oxygen atoms in total. The number of aliphatic hydroxyl groups excluding tert-OH is 1. The molecule has 1 heterocycles. The van der Waals surface area contributed by atoms with Gasteiger partial charge in [-0.05, 0) is 38.8 Å². The lowest BCUT2D eigenvalue weighted by Crippen LogP contribution is -2.42. The second-order valence-corrected chi connectivity index (χ2v) is 6.32. The van der Waals surface area contributed by atoms with Crippen LogP contribution in [0, 0.1) is 6.92 Å². The van der Waals surface area contributed by atoms with Crippen LogP contribution in [0.3, 0.4) is 0 Å². The van der Waals surface area contributed by atoms with E-state index in [4.69, 9.17) is 14.2 Å². The highest BCUT2D eigenvalue weighted by atomic mass is 16.7. The van der Waals surface area contributed by atoms with Crippen molar-refractivity contribution in [2.24, 2.45) is 0 Å². The molecule has 3 atom stereocenters. The van der Waals surface area contributed by atoms with Gasteiger partial charge in [0.1, 0.15) is 11.7 Å². The van der Waals surface area contributed by atoms with Crippen LogP contribution in [0.25, 0.3) is 0 Å². The first-order valence-electron chi connectivity index (χ1n) is 8.27. The fraction of sp³-hybridized carbons (Fsp3) is 0.526. The third kappa shape index (κ3) is 4.66. The molecule has 1 unspecified atom stereocenters. The maximum atomic E-state index is 12.3. The lowest BCUT2D eigenvalue weighted by atomic mass is 10.0. The minimum absolute atomic E-state index is 0.245. The second-order valence-electron chi connectivity index (χ2n) is 6.32. The van der Waals surface area contributed by atoms with Gasteiger partial charge in [0.2, 0.25) is 0 Å². The first-order chi connectivity index (χ1) is 11.5. The maximum Gasteiger partial charge on any atom is 0.338 e. The van der Waals surface area contributed by atoms with Crippen LogP contribution in [-0.2, 0) is 14.2 Å². The summed E-state index contributed by atoms with van der Waals surface area (Å²) in [7, 11) is 0.